The third kappa shape index (κ3) is 4.22. The zero-order chi connectivity index (χ0) is 31.3. The second-order valence-corrected chi connectivity index (χ2v) is 13.6. The van der Waals surface area contributed by atoms with E-state index in [-0.39, 0.29) is 25.8 Å². The van der Waals surface area contributed by atoms with Crippen LogP contribution in [0.15, 0.2) is 132 Å². The molecule has 1 aliphatic heterocycles. The van der Waals surface area contributed by atoms with Crippen LogP contribution in [0.5, 0.6) is 11.5 Å². The van der Waals surface area contributed by atoms with Gasteiger partial charge in [-0.1, -0.05) is 84.5 Å². The Labute approximate surface area is 294 Å². The fourth-order valence-corrected chi connectivity index (χ4v) is 8.71. The van der Waals surface area contributed by atoms with Gasteiger partial charge in [0.1, 0.15) is 5.65 Å². The summed E-state index contributed by atoms with van der Waals surface area (Å²) in [4.78, 5) is 12.1. The molecule has 1 aliphatic rings. The van der Waals surface area contributed by atoms with Gasteiger partial charge >= 0.3 is 20.4 Å². The van der Waals surface area contributed by atoms with E-state index in [2.05, 4.69) is 119 Å². The molecule has 5 nitrogen and oxygen atoms in total. The number of nitrogens with zero attached hydrogens (tertiary/aromatic N) is 4. The molecule has 7 heteroatoms. The number of ether oxygens (including phenoxy) is 1. The molecule has 4 aromatic heterocycles. The first-order chi connectivity index (χ1) is 23.0. The normalized spacial score (nSPS) is 13.5. The van der Waals surface area contributed by atoms with E-state index in [0.29, 0.717) is 11.5 Å². The van der Waals surface area contributed by atoms with Crippen molar-refractivity contribution in [2.45, 2.75) is 29.1 Å². The van der Waals surface area contributed by atoms with Gasteiger partial charge in [0, 0.05) is 61.6 Å². The second kappa shape index (κ2) is 10.8. The summed E-state index contributed by atoms with van der Waals surface area (Å²) in [6.45, 7) is 4.64. The van der Waals surface area contributed by atoms with Crippen LogP contribution in [0.4, 0.5) is 0 Å². The molecule has 0 atom stereocenters. The van der Waals surface area contributed by atoms with Gasteiger partial charge in [0.05, 0.1) is 11.2 Å². The van der Waals surface area contributed by atoms with E-state index in [0.717, 1.165) is 49.6 Å². The first-order valence-corrected chi connectivity index (χ1v) is 16.5. The summed E-state index contributed by atoms with van der Waals surface area (Å²) in [6.07, 6.45) is 5.68. The monoisotopic (exact) mass is 728 g/mol. The average molecular weight is 729 g/mol. The van der Waals surface area contributed by atoms with Crippen molar-refractivity contribution in [3.05, 3.63) is 145 Å². The number of imidazole rings is 1. The fraction of sp³-hybridized carbons (Fsp3) is 0.0732. The summed E-state index contributed by atoms with van der Waals surface area (Å²) in [5.74, 6) is 1.21. The molecule has 0 saturated carbocycles. The number of hydrogen-bond donors (Lipinski definition) is 0. The predicted molar refractivity (Wildman–Crippen MR) is 189 cm³/mol. The van der Waals surface area contributed by atoms with Crippen molar-refractivity contribution < 1.29 is 25.2 Å². The summed E-state index contributed by atoms with van der Waals surface area (Å²) in [7, 11) is 0. The summed E-state index contributed by atoms with van der Waals surface area (Å²) in [5.41, 5.74) is 7.35. The maximum absolute atomic E-state index is 6.46. The number of pyridine rings is 2. The summed E-state index contributed by atoms with van der Waals surface area (Å²) in [6, 6.07) is 43.2. The van der Waals surface area contributed by atoms with Gasteiger partial charge in [0.2, 0.25) is 0 Å². The third-order valence-electron chi connectivity index (χ3n) is 9.53. The predicted octanol–water partition coefficient (Wildman–Crippen LogP) is 10.3. The quantitative estimate of drug-likeness (QED) is 0.103. The minimum Gasteiger partial charge on any atom is -0.503 e. The molecule has 5 aromatic carbocycles. The molecule has 0 amide bonds. The Morgan fingerprint density at radius 3 is 2.40 bits per heavy atom. The van der Waals surface area contributed by atoms with Gasteiger partial charge in [-0.05, 0) is 52.9 Å². The molecule has 48 heavy (non-hydrogen) atoms. The molecular formula is C41H26N4OPdS. The topological polar surface area (TPSA) is 44.4 Å². The van der Waals surface area contributed by atoms with Crippen LogP contribution in [0, 0.1) is 12.1 Å². The first kappa shape index (κ1) is 29.2. The van der Waals surface area contributed by atoms with Crippen LogP contribution in [0.2, 0.25) is 0 Å². The van der Waals surface area contributed by atoms with E-state index in [1.54, 1.807) is 0 Å². The van der Waals surface area contributed by atoms with Gasteiger partial charge in [-0.3, -0.25) is 4.98 Å². The van der Waals surface area contributed by atoms with E-state index in [1.807, 2.05) is 54.6 Å². The average Bonchev–Trinajstić information content (AvgIpc) is 3.72. The standard InChI is InChI=1S/C41H26N4OS.Pd/c1-41(2)33-13-4-6-15-37(33)47-38-23-31-30-12-8-18-42-40(30)45(36(31)24-34(38)41)25-9-7-10-26(21-25)46-27-16-17-28-29-11-3-5-14-35(29)44-20-19-43-39(44)32(28)22-27;/h3-20,23-24H,1-2H3;/q-2;+2. The van der Waals surface area contributed by atoms with Crippen molar-refractivity contribution >= 4 is 61.0 Å². The van der Waals surface area contributed by atoms with Gasteiger partial charge < -0.3 is 13.7 Å². The van der Waals surface area contributed by atoms with Gasteiger partial charge in [-0.25, -0.2) is 4.98 Å². The smallest absolute Gasteiger partial charge is 0.503 e. The van der Waals surface area contributed by atoms with Crippen molar-refractivity contribution in [2.75, 3.05) is 0 Å². The van der Waals surface area contributed by atoms with Crippen LogP contribution >= 0.6 is 11.8 Å². The van der Waals surface area contributed by atoms with Crippen LogP contribution in [0.3, 0.4) is 0 Å². The summed E-state index contributed by atoms with van der Waals surface area (Å²) in [5, 5.41) is 5.44. The minimum absolute atomic E-state index is 0. The molecule has 0 aliphatic carbocycles. The van der Waals surface area contributed by atoms with Gasteiger partial charge in [-0.15, -0.1) is 30.3 Å². The van der Waals surface area contributed by atoms with E-state index >= 15 is 0 Å². The minimum atomic E-state index is -0.147. The summed E-state index contributed by atoms with van der Waals surface area (Å²) >= 11 is 1.85. The van der Waals surface area contributed by atoms with Crippen molar-refractivity contribution in [3.8, 4) is 17.2 Å². The Hall–Kier alpha value is -4.93. The molecule has 5 heterocycles. The molecule has 9 aromatic rings. The van der Waals surface area contributed by atoms with Gasteiger partial charge in [-0.2, -0.15) is 6.07 Å². The van der Waals surface area contributed by atoms with Gasteiger partial charge in [0.25, 0.3) is 0 Å². The number of aromatic nitrogens is 4. The maximum Gasteiger partial charge on any atom is 2.00 e. The Morgan fingerprint density at radius 2 is 1.46 bits per heavy atom. The first-order valence-electron chi connectivity index (χ1n) is 15.7. The SMILES string of the molecule is CC1(C)c2ccccc2Sc2cc3c4cccnc4n(-c4[c-]c(Oc5[c-]c6c(cc5)c5ccccc5n5ccnc65)ccc4)c3cc21.[Pd+2]. The van der Waals surface area contributed by atoms with Crippen LogP contribution in [0.1, 0.15) is 25.0 Å². The van der Waals surface area contributed by atoms with E-state index in [1.165, 1.54) is 26.3 Å². The number of benzene rings is 5. The molecule has 0 saturated heterocycles. The molecule has 0 unspecified atom stereocenters. The molecular weight excluding hydrogens is 703 g/mol. The van der Waals surface area contributed by atoms with Crippen LogP contribution in [-0.2, 0) is 25.8 Å². The Balaban J connectivity index is 0.00000314. The molecule has 0 fully saturated rings. The number of fused-ring (bicyclic) bond motifs is 11. The molecule has 0 bridgehead atoms. The van der Waals surface area contributed by atoms with Crippen molar-refractivity contribution in [1.29, 1.82) is 0 Å². The van der Waals surface area contributed by atoms with Crippen molar-refractivity contribution in [3.63, 3.8) is 0 Å². The fourth-order valence-electron chi connectivity index (χ4n) is 7.29. The zero-order valence-corrected chi connectivity index (χ0v) is 28.3. The third-order valence-corrected chi connectivity index (χ3v) is 10.7. The number of hydrogen-bond acceptors (Lipinski definition) is 4. The number of rotatable bonds is 3. The largest absolute Gasteiger partial charge is 2.00 e. The van der Waals surface area contributed by atoms with Crippen LogP contribution < -0.4 is 4.74 Å². The van der Waals surface area contributed by atoms with Crippen molar-refractivity contribution in [1.82, 2.24) is 18.9 Å². The Kier molecular flexibility index (Phi) is 6.58. The van der Waals surface area contributed by atoms with E-state index in [4.69, 9.17) is 9.72 Å². The Morgan fingerprint density at radius 1 is 0.646 bits per heavy atom. The molecule has 0 N–H and O–H groups in total. The maximum atomic E-state index is 6.46. The number of para-hydroxylation sites is 1. The van der Waals surface area contributed by atoms with E-state index in [9.17, 15) is 0 Å². The summed E-state index contributed by atoms with van der Waals surface area (Å²) < 4.78 is 10.8. The van der Waals surface area contributed by atoms with Crippen LogP contribution in [-0.4, -0.2) is 18.9 Å². The van der Waals surface area contributed by atoms with E-state index < -0.39 is 0 Å². The molecule has 0 spiro atoms. The molecule has 10 rings (SSSR count). The molecule has 0 radical (unpaired) electrons. The van der Waals surface area contributed by atoms with Crippen LogP contribution in [0.25, 0.3) is 54.9 Å². The second-order valence-electron chi connectivity index (χ2n) is 12.6. The van der Waals surface area contributed by atoms with Crippen molar-refractivity contribution in [2.24, 2.45) is 0 Å². The Bertz CT molecular complexity index is 2740. The molecule has 232 valence electrons. The zero-order valence-electron chi connectivity index (χ0n) is 26.0. The van der Waals surface area contributed by atoms with Gasteiger partial charge in [0.15, 0.2) is 0 Å².